The quantitative estimate of drug-likeness (QED) is 0.601. The molecule has 1 aliphatic heterocycles. The van der Waals surface area contributed by atoms with Gasteiger partial charge in [-0.1, -0.05) is 55.8 Å². The molecule has 0 saturated heterocycles. The average Bonchev–Trinajstić information content (AvgIpc) is 2.63. The van der Waals surface area contributed by atoms with Gasteiger partial charge in [0.2, 0.25) is 5.91 Å². The van der Waals surface area contributed by atoms with Crippen LogP contribution >= 0.6 is 11.6 Å². The number of hydrogen-bond donors (Lipinski definition) is 0. The van der Waals surface area contributed by atoms with Crippen LogP contribution in [0.5, 0.6) is 0 Å². The fraction of sp³-hybridized carbons (Fsp3) is 0.360. The molecule has 4 rings (SSSR count). The number of amides is 1. The largest absolute Gasteiger partial charge is 0.294 e. The highest BCUT2D eigenvalue weighted by atomic mass is 35.5. The number of benzene rings is 2. The highest BCUT2D eigenvalue weighted by Gasteiger charge is 2.45. The van der Waals surface area contributed by atoms with E-state index >= 15 is 0 Å². The van der Waals surface area contributed by atoms with Gasteiger partial charge in [-0.05, 0) is 54.5 Å². The molecule has 150 valence electrons. The summed E-state index contributed by atoms with van der Waals surface area (Å²) in [5.74, 6) is -0.131. The van der Waals surface area contributed by atoms with Crippen molar-refractivity contribution in [1.82, 2.24) is 0 Å². The molecule has 0 radical (unpaired) electrons. The van der Waals surface area contributed by atoms with Gasteiger partial charge in [-0.2, -0.15) is 0 Å². The summed E-state index contributed by atoms with van der Waals surface area (Å²) in [5, 5.41) is 0.606. The standard InChI is InChI=1S/C25H26ClNO2/c1-15-8-7-11-20(16(15)2)27-21-13-25(3,4)14-22(28)24(21)18(12-23(27)29)17-9-5-6-10-19(17)26/h5-11,18H,12-14H2,1-4H3. The molecule has 0 fully saturated rings. The molecule has 1 atom stereocenters. The molecule has 2 aromatic carbocycles. The molecule has 4 heteroatoms. The number of Topliss-reactive ketones (excluding diaryl/α,β-unsaturated/α-hetero) is 1. The zero-order valence-electron chi connectivity index (χ0n) is 17.4. The van der Waals surface area contributed by atoms with Gasteiger partial charge in [-0.3, -0.25) is 14.5 Å². The van der Waals surface area contributed by atoms with E-state index in [1.54, 1.807) is 0 Å². The first-order valence-electron chi connectivity index (χ1n) is 10.1. The highest BCUT2D eigenvalue weighted by molar-refractivity contribution is 6.31. The summed E-state index contributed by atoms with van der Waals surface area (Å²) in [7, 11) is 0. The third-order valence-corrected chi connectivity index (χ3v) is 6.58. The maximum Gasteiger partial charge on any atom is 0.232 e. The van der Waals surface area contributed by atoms with Crippen molar-refractivity contribution in [2.45, 2.75) is 52.9 Å². The number of carbonyl (C=O) groups is 2. The second-order valence-corrected chi connectivity index (χ2v) is 9.43. The number of carbonyl (C=O) groups excluding carboxylic acids is 2. The van der Waals surface area contributed by atoms with Crippen molar-refractivity contribution in [3.8, 4) is 0 Å². The summed E-state index contributed by atoms with van der Waals surface area (Å²) in [4.78, 5) is 28.6. The van der Waals surface area contributed by atoms with Crippen LogP contribution in [0, 0.1) is 19.3 Å². The maximum atomic E-state index is 13.5. The molecule has 0 saturated carbocycles. The molecule has 0 N–H and O–H groups in total. The van der Waals surface area contributed by atoms with Crippen LogP contribution in [0.15, 0.2) is 53.7 Å². The van der Waals surface area contributed by atoms with Gasteiger partial charge in [-0.25, -0.2) is 0 Å². The first-order valence-corrected chi connectivity index (χ1v) is 10.5. The summed E-state index contributed by atoms with van der Waals surface area (Å²) in [5.41, 5.74) is 5.37. The van der Waals surface area contributed by atoms with E-state index in [1.165, 1.54) is 0 Å². The van der Waals surface area contributed by atoms with E-state index in [2.05, 4.69) is 13.8 Å². The predicted octanol–water partition coefficient (Wildman–Crippen LogP) is 6.12. The van der Waals surface area contributed by atoms with Gasteiger partial charge in [0, 0.05) is 35.1 Å². The SMILES string of the molecule is Cc1cccc(N2C(=O)CC(c3ccccc3Cl)C3=C2CC(C)(C)CC3=O)c1C. The lowest BCUT2D eigenvalue weighted by Crippen LogP contribution is -2.44. The molecule has 2 aromatic rings. The number of allylic oxidation sites excluding steroid dienone is 2. The lowest BCUT2D eigenvalue weighted by Gasteiger charge is -2.43. The molecule has 1 unspecified atom stereocenters. The van der Waals surface area contributed by atoms with Crippen LogP contribution < -0.4 is 4.90 Å². The number of ketones is 1. The Kier molecular flexibility index (Phi) is 4.90. The van der Waals surface area contributed by atoms with Crippen LogP contribution in [0.3, 0.4) is 0 Å². The van der Waals surface area contributed by atoms with Crippen molar-refractivity contribution in [2.75, 3.05) is 4.90 Å². The zero-order chi connectivity index (χ0) is 20.9. The number of aryl methyl sites for hydroxylation is 1. The molecule has 0 bridgehead atoms. The summed E-state index contributed by atoms with van der Waals surface area (Å²) >= 11 is 6.48. The Bertz CT molecular complexity index is 1050. The van der Waals surface area contributed by atoms with Crippen LogP contribution in [0.25, 0.3) is 0 Å². The Balaban J connectivity index is 1.96. The normalized spacial score (nSPS) is 21.4. The van der Waals surface area contributed by atoms with Gasteiger partial charge >= 0.3 is 0 Å². The van der Waals surface area contributed by atoms with Gasteiger partial charge in [0.25, 0.3) is 0 Å². The number of nitrogens with zero attached hydrogens (tertiary/aromatic N) is 1. The monoisotopic (exact) mass is 407 g/mol. The van der Waals surface area contributed by atoms with Crippen molar-refractivity contribution in [3.63, 3.8) is 0 Å². The molecule has 1 heterocycles. The molecule has 2 aliphatic rings. The lowest BCUT2D eigenvalue weighted by atomic mass is 9.69. The smallest absolute Gasteiger partial charge is 0.232 e. The van der Waals surface area contributed by atoms with Crippen LogP contribution in [-0.2, 0) is 9.59 Å². The third kappa shape index (κ3) is 3.42. The van der Waals surface area contributed by atoms with Gasteiger partial charge < -0.3 is 0 Å². The van der Waals surface area contributed by atoms with E-state index in [-0.39, 0.29) is 29.4 Å². The van der Waals surface area contributed by atoms with Crippen molar-refractivity contribution >= 4 is 29.0 Å². The minimum Gasteiger partial charge on any atom is -0.294 e. The van der Waals surface area contributed by atoms with Gasteiger partial charge in [0.1, 0.15) is 0 Å². The van der Waals surface area contributed by atoms with Crippen molar-refractivity contribution < 1.29 is 9.59 Å². The summed E-state index contributed by atoms with van der Waals surface area (Å²) in [6.45, 7) is 8.28. The van der Waals surface area contributed by atoms with Crippen molar-refractivity contribution in [1.29, 1.82) is 0 Å². The molecule has 0 spiro atoms. The Morgan fingerprint density at radius 2 is 1.72 bits per heavy atom. The van der Waals surface area contributed by atoms with Crippen LogP contribution in [-0.4, -0.2) is 11.7 Å². The number of halogens is 1. The van der Waals surface area contributed by atoms with E-state index in [0.717, 1.165) is 33.6 Å². The topological polar surface area (TPSA) is 37.4 Å². The summed E-state index contributed by atoms with van der Waals surface area (Å²) in [6, 6.07) is 13.6. The van der Waals surface area contributed by atoms with E-state index in [0.29, 0.717) is 17.9 Å². The van der Waals surface area contributed by atoms with Crippen LogP contribution in [0.2, 0.25) is 5.02 Å². The first-order chi connectivity index (χ1) is 13.7. The second-order valence-electron chi connectivity index (χ2n) is 9.03. The van der Waals surface area contributed by atoms with Gasteiger partial charge in [0.05, 0.1) is 5.69 Å². The van der Waals surface area contributed by atoms with Gasteiger partial charge in [-0.15, -0.1) is 0 Å². The number of hydrogen-bond acceptors (Lipinski definition) is 2. The first kappa shape index (κ1) is 19.9. The molecular weight excluding hydrogens is 382 g/mol. The average molecular weight is 408 g/mol. The zero-order valence-corrected chi connectivity index (χ0v) is 18.1. The minimum absolute atomic E-state index is 0.0212. The molecular formula is C25H26ClNO2. The molecule has 29 heavy (non-hydrogen) atoms. The predicted molar refractivity (Wildman–Crippen MR) is 117 cm³/mol. The molecule has 1 aliphatic carbocycles. The molecule has 1 amide bonds. The van der Waals surface area contributed by atoms with Gasteiger partial charge in [0.15, 0.2) is 5.78 Å². The van der Waals surface area contributed by atoms with E-state index in [9.17, 15) is 9.59 Å². The van der Waals surface area contributed by atoms with E-state index < -0.39 is 0 Å². The molecule has 3 nitrogen and oxygen atoms in total. The summed E-state index contributed by atoms with van der Waals surface area (Å²) < 4.78 is 0. The van der Waals surface area contributed by atoms with Crippen LogP contribution in [0.1, 0.15) is 55.7 Å². The number of anilines is 1. The Labute approximate surface area is 177 Å². The van der Waals surface area contributed by atoms with E-state index in [4.69, 9.17) is 11.6 Å². The van der Waals surface area contributed by atoms with E-state index in [1.807, 2.05) is 61.2 Å². The maximum absolute atomic E-state index is 13.5. The fourth-order valence-electron chi connectivity index (χ4n) is 4.70. The molecule has 0 aromatic heterocycles. The third-order valence-electron chi connectivity index (χ3n) is 6.24. The Hall–Kier alpha value is -2.39. The van der Waals surface area contributed by atoms with Crippen molar-refractivity contribution in [3.05, 3.63) is 75.4 Å². The Morgan fingerprint density at radius 3 is 2.45 bits per heavy atom. The second kappa shape index (κ2) is 7.14. The number of rotatable bonds is 2. The highest BCUT2D eigenvalue weighted by Crippen LogP contribution is 2.49. The van der Waals surface area contributed by atoms with Crippen LogP contribution in [0.4, 0.5) is 5.69 Å². The minimum atomic E-state index is -0.281. The van der Waals surface area contributed by atoms with Crippen molar-refractivity contribution in [2.24, 2.45) is 5.41 Å². The lowest BCUT2D eigenvalue weighted by molar-refractivity contribution is -0.121. The summed E-state index contributed by atoms with van der Waals surface area (Å²) in [6.07, 6.45) is 1.43. The Morgan fingerprint density at radius 1 is 1.00 bits per heavy atom. The fourth-order valence-corrected chi connectivity index (χ4v) is 4.96.